The minimum absolute atomic E-state index is 0.178. The third kappa shape index (κ3) is 5.79. The minimum atomic E-state index is -0.531. The van der Waals surface area contributed by atoms with Crippen molar-refractivity contribution in [1.82, 2.24) is 44.9 Å². The Morgan fingerprint density at radius 3 is 2.34 bits per heavy atom. The Kier molecular flexibility index (Phi) is 8.53. The van der Waals surface area contributed by atoms with E-state index in [1.165, 1.54) is 40.1 Å². The molecule has 0 radical (unpaired) electrons. The van der Waals surface area contributed by atoms with E-state index < -0.39 is 17.5 Å². The lowest BCUT2D eigenvalue weighted by Crippen LogP contribution is -2.43. The fraction of sp³-hybridized carbons (Fsp3) is 0.362. The molecule has 7 heterocycles. The first-order chi connectivity index (χ1) is 30.8. The van der Waals surface area contributed by atoms with Crippen molar-refractivity contribution in [2.45, 2.75) is 65.6 Å². The summed E-state index contributed by atoms with van der Waals surface area (Å²) in [5.41, 5.74) is 13.8. The number of nitrogens with one attached hydrogen (secondary N) is 3. The highest BCUT2D eigenvalue weighted by molar-refractivity contribution is 6.23. The van der Waals surface area contributed by atoms with E-state index in [1.54, 1.807) is 12.1 Å². The first kappa shape index (κ1) is 39.1. The number of nitrogens with zero attached hydrogens (tertiary/aromatic N) is 9. The van der Waals surface area contributed by atoms with Gasteiger partial charge in [0.25, 0.3) is 17.7 Å². The zero-order valence-electron chi connectivity index (χ0n) is 36.0. The van der Waals surface area contributed by atoms with Gasteiger partial charge in [-0.3, -0.25) is 19.3 Å². The Morgan fingerprint density at radius 1 is 0.750 bits per heavy atom. The standard InChI is InChI=1S/C47H46F2N12O3/c1-47(2)19-31-43-37(20-47)59(14-12-57(4)61-46(64)27-15-24(48)17-30-38(27)41-32(51-30)21-50-22-33(41)55-61)36-18-25(49)16-28(40(36)43)45(63)60(54-31)23-56(3)11-13-58-34-9-5-7-26-39(34)42-29(52-53-44(26)62)8-6-10-35(42)58/h5,7,9,15-18,50-51H,6,8,10-14,19-23H2,1-4H3,(H,53,62). The summed E-state index contributed by atoms with van der Waals surface area (Å²) in [5.74, 6) is -2.08. The van der Waals surface area contributed by atoms with E-state index in [4.69, 9.17) is 10.2 Å². The van der Waals surface area contributed by atoms with Crippen molar-refractivity contribution in [2.75, 3.05) is 40.4 Å². The summed E-state index contributed by atoms with van der Waals surface area (Å²) in [6, 6.07) is 11.3. The van der Waals surface area contributed by atoms with Crippen LogP contribution in [0.1, 0.15) is 98.0 Å². The maximum Gasteiger partial charge on any atom is 0.289 e. The third-order valence-electron chi connectivity index (χ3n) is 13.9. The SMILES string of the molecule is CN(CCn1c2c3c4c(cccc41)C(=O)NN=C3CCC2)CN1N=C2CC(C)(C)Cc3c2c2c(cc(F)cc2n3CCN(C)N2N=C3CNCc4[nH]c5cc(F)cc(c5c43)C2=O)C1=O. The summed E-state index contributed by atoms with van der Waals surface area (Å²) in [7, 11) is 3.73. The van der Waals surface area contributed by atoms with Gasteiger partial charge in [-0.05, 0) is 81.0 Å². The lowest BCUT2D eigenvalue weighted by Gasteiger charge is -2.33. The van der Waals surface area contributed by atoms with Crippen LogP contribution in [-0.2, 0) is 32.5 Å². The van der Waals surface area contributed by atoms with Crippen molar-refractivity contribution in [3.05, 3.63) is 105 Å². The van der Waals surface area contributed by atoms with Crippen molar-refractivity contribution in [3.8, 4) is 0 Å². The maximum atomic E-state index is 15.9. The number of likely N-dealkylation sites (N-methyl/N-ethyl adjacent to an activating group) is 2. The number of hydrazone groups is 3. The van der Waals surface area contributed by atoms with Crippen LogP contribution in [0.15, 0.2) is 57.8 Å². The number of hydrogen-bond donors (Lipinski definition) is 3. The van der Waals surface area contributed by atoms with E-state index in [9.17, 15) is 18.8 Å². The van der Waals surface area contributed by atoms with Crippen LogP contribution in [0.2, 0.25) is 0 Å². The fourth-order valence-corrected chi connectivity index (χ4v) is 11.1. The molecule has 17 heteroatoms. The number of rotatable bonds is 9. The highest BCUT2D eigenvalue weighted by atomic mass is 19.1. The summed E-state index contributed by atoms with van der Waals surface area (Å²) in [6.07, 6.45) is 3.89. The zero-order chi connectivity index (χ0) is 43.9. The molecule has 0 bridgehead atoms. The van der Waals surface area contributed by atoms with Gasteiger partial charge in [0.1, 0.15) is 11.6 Å². The van der Waals surface area contributed by atoms with Crippen LogP contribution in [0.5, 0.6) is 0 Å². The molecule has 15 nitrogen and oxygen atoms in total. The average molecular weight is 865 g/mol. The first-order valence-electron chi connectivity index (χ1n) is 22.0. The molecule has 6 aromatic rings. The normalized spacial score (nSPS) is 18.5. The van der Waals surface area contributed by atoms with Crippen LogP contribution in [-0.4, -0.2) is 109 Å². The number of benzene rings is 3. The molecule has 3 amide bonds. The van der Waals surface area contributed by atoms with Crippen LogP contribution in [0.4, 0.5) is 8.78 Å². The highest BCUT2D eigenvalue weighted by Gasteiger charge is 2.40. The summed E-state index contributed by atoms with van der Waals surface area (Å²) in [5, 5.41) is 24.6. The summed E-state index contributed by atoms with van der Waals surface area (Å²) in [6.45, 7) is 7.35. The number of halogens is 2. The van der Waals surface area contributed by atoms with Crippen LogP contribution < -0.4 is 10.7 Å². The van der Waals surface area contributed by atoms with Gasteiger partial charge in [-0.2, -0.15) is 25.4 Å². The Morgan fingerprint density at radius 2 is 1.50 bits per heavy atom. The van der Waals surface area contributed by atoms with Gasteiger partial charge < -0.3 is 19.4 Å². The van der Waals surface area contributed by atoms with Crippen LogP contribution >= 0.6 is 0 Å². The third-order valence-corrected chi connectivity index (χ3v) is 13.9. The van der Waals surface area contributed by atoms with Crippen molar-refractivity contribution in [1.29, 1.82) is 0 Å². The molecule has 64 heavy (non-hydrogen) atoms. The highest BCUT2D eigenvalue weighted by Crippen LogP contribution is 2.44. The van der Waals surface area contributed by atoms with Gasteiger partial charge in [-0.1, -0.05) is 19.9 Å². The van der Waals surface area contributed by atoms with Crippen LogP contribution in [0, 0.1) is 17.0 Å². The number of carbonyl (C=O) groups is 3. The Bertz CT molecular complexity index is 3210. The van der Waals surface area contributed by atoms with Crippen molar-refractivity contribution in [3.63, 3.8) is 0 Å². The second-order valence-corrected chi connectivity index (χ2v) is 18.8. The number of carbonyl (C=O) groups excluding carboxylic acids is 3. The van der Waals surface area contributed by atoms with E-state index in [0.29, 0.717) is 85.2 Å². The lowest BCUT2D eigenvalue weighted by molar-refractivity contribution is 0.00585. The zero-order valence-corrected chi connectivity index (χ0v) is 36.0. The van der Waals surface area contributed by atoms with Gasteiger partial charge >= 0.3 is 0 Å². The number of H-pyrrole nitrogens is 1. The molecule has 3 N–H and O–H groups in total. The smallest absolute Gasteiger partial charge is 0.289 e. The van der Waals surface area contributed by atoms with Crippen molar-refractivity contribution < 1.29 is 23.2 Å². The molecule has 2 aliphatic carbocycles. The molecular formula is C47H46F2N12O3. The Labute approximate surface area is 366 Å². The molecule has 0 spiro atoms. The summed E-state index contributed by atoms with van der Waals surface area (Å²) >= 11 is 0. The van der Waals surface area contributed by atoms with E-state index in [2.05, 4.69) is 54.8 Å². The predicted molar refractivity (Wildman–Crippen MR) is 238 cm³/mol. The van der Waals surface area contributed by atoms with E-state index in [-0.39, 0.29) is 35.0 Å². The van der Waals surface area contributed by atoms with Gasteiger partial charge in [0, 0.05) is 102 Å². The van der Waals surface area contributed by atoms with Gasteiger partial charge in [0.05, 0.1) is 51.5 Å². The van der Waals surface area contributed by atoms with Crippen LogP contribution in [0.25, 0.3) is 32.7 Å². The molecule has 326 valence electrons. The Hall–Kier alpha value is -6.56. The van der Waals surface area contributed by atoms with Crippen LogP contribution in [0.3, 0.4) is 0 Å². The number of aromatic nitrogens is 3. The van der Waals surface area contributed by atoms with E-state index in [0.717, 1.165) is 69.7 Å². The minimum Gasteiger partial charge on any atom is -0.357 e. The summed E-state index contributed by atoms with van der Waals surface area (Å²) < 4.78 is 35.2. The quantitative estimate of drug-likeness (QED) is 0.171. The molecule has 0 saturated carbocycles. The maximum absolute atomic E-state index is 15.9. The molecule has 0 saturated heterocycles. The predicted octanol–water partition coefficient (Wildman–Crippen LogP) is 5.67. The monoisotopic (exact) mass is 864 g/mol. The number of amides is 3. The largest absolute Gasteiger partial charge is 0.357 e. The molecule has 12 rings (SSSR count). The molecule has 0 fully saturated rings. The Balaban J connectivity index is 0.851. The van der Waals surface area contributed by atoms with Crippen molar-refractivity contribution >= 4 is 67.6 Å². The molecule has 6 aliphatic rings. The van der Waals surface area contributed by atoms with Gasteiger partial charge in [0.15, 0.2) is 0 Å². The topological polar surface area (TPSA) is 151 Å². The number of aromatic amines is 1. The molecule has 0 atom stereocenters. The molecule has 3 aromatic heterocycles. The second kappa shape index (κ2) is 14.0. The van der Waals surface area contributed by atoms with Gasteiger partial charge in [-0.15, -0.1) is 0 Å². The van der Waals surface area contributed by atoms with Crippen molar-refractivity contribution in [2.24, 2.45) is 20.7 Å². The van der Waals surface area contributed by atoms with Gasteiger partial charge in [0.2, 0.25) is 0 Å². The van der Waals surface area contributed by atoms with E-state index in [1.807, 2.05) is 19.2 Å². The molecule has 3 aromatic carbocycles. The average Bonchev–Trinajstić information content (AvgIpc) is 3.81. The molecule has 0 unspecified atom stereocenters. The second-order valence-electron chi connectivity index (χ2n) is 18.8. The summed E-state index contributed by atoms with van der Waals surface area (Å²) in [4.78, 5) is 47.2. The molecular weight excluding hydrogens is 819 g/mol. The number of hydrogen-bond acceptors (Lipinski definition) is 9. The lowest BCUT2D eigenvalue weighted by atomic mass is 9.75. The van der Waals surface area contributed by atoms with Gasteiger partial charge in [-0.25, -0.2) is 19.2 Å². The first-order valence-corrected chi connectivity index (χ1v) is 22.0. The fourth-order valence-electron chi connectivity index (χ4n) is 11.1. The van der Waals surface area contributed by atoms with E-state index >= 15 is 4.39 Å². The molecule has 4 aliphatic heterocycles. The number of hydrazine groups is 1.